The van der Waals surface area contributed by atoms with Crippen molar-refractivity contribution < 1.29 is 4.79 Å². The van der Waals surface area contributed by atoms with E-state index in [1.54, 1.807) is 11.3 Å². The molecule has 2 aliphatic rings. The van der Waals surface area contributed by atoms with Crippen LogP contribution in [0.2, 0.25) is 0 Å². The van der Waals surface area contributed by atoms with Gasteiger partial charge in [-0.1, -0.05) is 19.4 Å². The normalized spacial score (nSPS) is 33.0. The average molecular weight is 325 g/mol. The first-order chi connectivity index (χ1) is 10.1. The van der Waals surface area contributed by atoms with Crippen molar-refractivity contribution in [2.45, 2.75) is 56.5 Å². The number of rotatable bonds is 5. The van der Waals surface area contributed by atoms with Gasteiger partial charge >= 0.3 is 0 Å². The van der Waals surface area contributed by atoms with Crippen molar-refractivity contribution in [3.05, 3.63) is 22.4 Å². The Bertz CT molecular complexity index is 482. The maximum atomic E-state index is 12.8. The molecule has 3 nitrogen and oxygen atoms in total. The van der Waals surface area contributed by atoms with Crippen LogP contribution in [-0.2, 0) is 4.79 Å². The number of nitrogens with one attached hydrogen (secondary N) is 1. The Labute approximate surface area is 135 Å². The van der Waals surface area contributed by atoms with E-state index in [1.807, 2.05) is 11.8 Å². The Balaban J connectivity index is 1.81. The van der Waals surface area contributed by atoms with Gasteiger partial charge in [-0.3, -0.25) is 10.1 Å². The maximum Gasteiger partial charge on any atom is 0.241 e. The summed E-state index contributed by atoms with van der Waals surface area (Å²) in [5.41, 5.74) is 0. The molecule has 1 N–H and O–H groups in total. The van der Waals surface area contributed by atoms with E-state index in [2.05, 4.69) is 41.6 Å². The number of hydrogen-bond donors (Lipinski definition) is 1. The van der Waals surface area contributed by atoms with Crippen LogP contribution in [0.1, 0.15) is 50.6 Å². The second-order valence-corrected chi connectivity index (χ2v) is 8.96. The van der Waals surface area contributed by atoms with Crippen LogP contribution in [0, 0.1) is 0 Å². The van der Waals surface area contributed by atoms with Crippen LogP contribution < -0.4 is 5.32 Å². The van der Waals surface area contributed by atoms with E-state index in [1.165, 1.54) is 23.5 Å². The van der Waals surface area contributed by atoms with Crippen LogP contribution in [0.25, 0.3) is 0 Å². The fourth-order valence-electron chi connectivity index (χ4n) is 3.35. The van der Waals surface area contributed by atoms with Crippen LogP contribution in [0.5, 0.6) is 0 Å². The molecule has 2 saturated heterocycles. The Morgan fingerprint density at radius 1 is 1.52 bits per heavy atom. The third-order valence-electron chi connectivity index (χ3n) is 4.45. The highest BCUT2D eigenvalue weighted by atomic mass is 32.2. The molecule has 3 unspecified atom stereocenters. The number of nitrogens with zero attached hydrogens (tertiary/aromatic N) is 1. The molecule has 0 saturated carbocycles. The van der Waals surface area contributed by atoms with Gasteiger partial charge in [0.15, 0.2) is 0 Å². The van der Waals surface area contributed by atoms with E-state index < -0.39 is 0 Å². The zero-order valence-electron chi connectivity index (χ0n) is 12.8. The fraction of sp³-hybridized carbons (Fsp3) is 0.688. The van der Waals surface area contributed by atoms with E-state index in [0.29, 0.717) is 5.91 Å². The zero-order chi connectivity index (χ0) is 14.9. The molecule has 3 atom stereocenters. The van der Waals surface area contributed by atoms with E-state index in [-0.39, 0.29) is 17.0 Å². The molecule has 1 aromatic heterocycles. The van der Waals surface area contributed by atoms with Gasteiger partial charge in [-0.15, -0.1) is 11.3 Å². The van der Waals surface area contributed by atoms with Gasteiger partial charge in [-0.25, -0.2) is 0 Å². The van der Waals surface area contributed by atoms with Crippen molar-refractivity contribution in [1.29, 1.82) is 0 Å². The van der Waals surface area contributed by atoms with Gasteiger partial charge in [0.05, 0.1) is 6.04 Å². The van der Waals surface area contributed by atoms with Crippen LogP contribution in [-0.4, -0.2) is 33.9 Å². The summed E-state index contributed by atoms with van der Waals surface area (Å²) in [5.74, 6) is 1.53. The van der Waals surface area contributed by atoms with E-state index in [9.17, 15) is 4.79 Å². The molecule has 2 aliphatic heterocycles. The second kappa shape index (κ2) is 6.31. The fourth-order valence-corrected chi connectivity index (χ4v) is 5.44. The number of carbonyl (C=O) groups excluding carboxylic acids is 1. The van der Waals surface area contributed by atoms with Crippen LogP contribution in [0.4, 0.5) is 0 Å². The van der Waals surface area contributed by atoms with E-state index in [4.69, 9.17) is 0 Å². The number of carbonyl (C=O) groups is 1. The summed E-state index contributed by atoms with van der Waals surface area (Å²) >= 11 is 3.77. The minimum absolute atomic E-state index is 0.00268. The highest BCUT2D eigenvalue weighted by molar-refractivity contribution is 8.00. The molecule has 116 valence electrons. The summed E-state index contributed by atoms with van der Waals surface area (Å²) in [7, 11) is 0. The lowest BCUT2D eigenvalue weighted by atomic mass is 10.0. The van der Waals surface area contributed by atoms with Gasteiger partial charge in [0.1, 0.15) is 6.17 Å². The molecule has 1 amide bonds. The Morgan fingerprint density at radius 3 is 3.00 bits per heavy atom. The van der Waals surface area contributed by atoms with Gasteiger partial charge in [0, 0.05) is 16.2 Å². The third-order valence-corrected chi connectivity index (χ3v) is 6.89. The molecule has 2 fully saturated rings. The third kappa shape index (κ3) is 3.15. The van der Waals surface area contributed by atoms with Crippen molar-refractivity contribution in [3.8, 4) is 0 Å². The van der Waals surface area contributed by atoms with Crippen LogP contribution in [0.15, 0.2) is 17.5 Å². The lowest BCUT2D eigenvalue weighted by Gasteiger charge is -2.32. The minimum Gasteiger partial charge on any atom is -0.319 e. The van der Waals surface area contributed by atoms with Crippen molar-refractivity contribution >= 4 is 29.0 Å². The molecular weight excluding hydrogens is 300 g/mol. The average Bonchev–Trinajstić information content (AvgIpc) is 3.17. The largest absolute Gasteiger partial charge is 0.319 e. The lowest BCUT2D eigenvalue weighted by molar-refractivity contribution is -0.130. The second-order valence-electron chi connectivity index (χ2n) is 6.29. The molecule has 0 bridgehead atoms. The number of hydrogen-bond acceptors (Lipinski definition) is 4. The molecule has 1 aromatic rings. The molecule has 3 rings (SSSR count). The topological polar surface area (TPSA) is 32.3 Å². The smallest absolute Gasteiger partial charge is 0.241 e. The number of amides is 1. The van der Waals surface area contributed by atoms with Crippen LogP contribution >= 0.6 is 23.1 Å². The molecule has 5 heteroatoms. The Morgan fingerprint density at radius 2 is 2.38 bits per heavy atom. The molecule has 21 heavy (non-hydrogen) atoms. The minimum atomic E-state index is -0.00268. The first-order valence-corrected chi connectivity index (χ1v) is 9.73. The van der Waals surface area contributed by atoms with Gasteiger partial charge < -0.3 is 4.90 Å². The molecule has 0 aliphatic carbocycles. The zero-order valence-corrected chi connectivity index (χ0v) is 14.4. The van der Waals surface area contributed by atoms with E-state index >= 15 is 0 Å². The van der Waals surface area contributed by atoms with Gasteiger partial charge in [-0.2, -0.15) is 11.8 Å². The summed E-state index contributed by atoms with van der Waals surface area (Å²) in [6.07, 6.45) is 4.55. The summed E-state index contributed by atoms with van der Waals surface area (Å²) in [6.45, 7) is 5.33. The van der Waals surface area contributed by atoms with E-state index in [0.717, 1.165) is 19.4 Å². The lowest BCUT2D eigenvalue weighted by Crippen LogP contribution is -2.40. The predicted molar refractivity (Wildman–Crippen MR) is 90.7 cm³/mol. The molecular formula is C16H24N2OS2. The van der Waals surface area contributed by atoms with Crippen molar-refractivity contribution in [3.63, 3.8) is 0 Å². The first kappa shape index (κ1) is 15.4. The highest BCUT2D eigenvalue weighted by Gasteiger charge is 2.43. The van der Waals surface area contributed by atoms with Crippen LogP contribution in [0.3, 0.4) is 0 Å². The standard InChI is InChI=1S/C16H24N2OS2/c1-3-6-12-15(19)18(11-16(2)8-5-10-21-16)14(17-12)13-7-4-9-20-13/h4,7,9,12,14,17H,3,5-6,8,10-11H2,1-2H3. The summed E-state index contributed by atoms with van der Waals surface area (Å²) < 4.78 is 0.230. The Hall–Kier alpha value is -0.520. The van der Waals surface area contributed by atoms with Gasteiger partial charge in [0.25, 0.3) is 0 Å². The van der Waals surface area contributed by atoms with Gasteiger partial charge in [-0.05, 0) is 43.4 Å². The van der Waals surface area contributed by atoms with Crippen molar-refractivity contribution in [1.82, 2.24) is 10.2 Å². The number of thioether (sulfide) groups is 1. The molecule has 3 heterocycles. The Kier molecular flexibility index (Phi) is 4.62. The summed E-state index contributed by atoms with van der Waals surface area (Å²) in [5, 5.41) is 5.66. The van der Waals surface area contributed by atoms with Gasteiger partial charge in [0.2, 0.25) is 5.91 Å². The van der Waals surface area contributed by atoms with Crippen molar-refractivity contribution in [2.75, 3.05) is 12.3 Å². The quantitative estimate of drug-likeness (QED) is 0.897. The van der Waals surface area contributed by atoms with Crippen molar-refractivity contribution in [2.24, 2.45) is 0 Å². The first-order valence-electron chi connectivity index (χ1n) is 7.87. The highest BCUT2D eigenvalue weighted by Crippen LogP contribution is 2.41. The maximum absolute atomic E-state index is 12.8. The SMILES string of the molecule is CCCC1NC(c2cccs2)N(CC2(C)CCCS2)C1=O. The molecule has 0 spiro atoms. The summed E-state index contributed by atoms with van der Waals surface area (Å²) in [4.78, 5) is 16.1. The molecule has 0 aromatic carbocycles. The molecule has 0 radical (unpaired) electrons. The summed E-state index contributed by atoms with van der Waals surface area (Å²) in [6, 6.07) is 4.21. The monoisotopic (exact) mass is 324 g/mol. The predicted octanol–water partition coefficient (Wildman–Crippen LogP) is 3.63. The number of thiophene rings is 1.